The van der Waals surface area contributed by atoms with Gasteiger partial charge in [-0.25, -0.2) is 23.1 Å². The lowest BCUT2D eigenvalue weighted by Crippen LogP contribution is -2.34. The van der Waals surface area contributed by atoms with Crippen molar-refractivity contribution in [3.63, 3.8) is 0 Å². The molecule has 3 aromatic rings. The molecule has 0 unspecified atom stereocenters. The van der Waals surface area contributed by atoms with Crippen LogP contribution in [0.3, 0.4) is 0 Å². The summed E-state index contributed by atoms with van der Waals surface area (Å²) in [6.07, 6.45) is 9.72. The molecular weight excluding hydrogens is 494 g/mol. The van der Waals surface area contributed by atoms with E-state index < -0.39 is 10.0 Å². The second-order valence-corrected chi connectivity index (χ2v) is 10.7. The quantitative estimate of drug-likeness (QED) is 0.448. The minimum absolute atomic E-state index is 0.0383. The second-order valence-electron chi connectivity index (χ2n) is 9.06. The van der Waals surface area contributed by atoms with Crippen LogP contribution >= 0.6 is 0 Å². The second kappa shape index (κ2) is 11.1. The van der Waals surface area contributed by atoms with Crippen molar-refractivity contribution in [1.82, 2.24) is 24.9 Å². The zero-order valence-electron chi connectivity index (χ0n) is 20.8. The fraction of sp³-hybridized carbons (Fsp3) is 0.458. The third-order valence-corrected chi connectivity index (χ3v) is 7.74. The molecule has 0 radical (unpaired) electrons. The van der Waals surface area contributed by atoms with Gasteiger partial charge >= 0.3 is 0 Å². The molecule has 0 saturated carbocycles. The fourth-order valence-corrected chi connectivity index (χ4v) is 5.34. The Balaban J connectivity index is 1.34. The summed E-state index contributed by atoms with van der Waals surface area (Å²) < 4.78 is 32.9. The maximum Gasteiger partial charge on any atom is 0.264 e. The number of piperidine rings is 2. The van der Waals surface area contributed by atoms with Crippen LogP contribution in [0.2, 0.25) is 0 Å². The van der Waals surface area contributed by atoms with Gasteiger partial charge in [0, 0.05) is 31.9 Å². The highest BCUT2D eigenvalue weighted by atomic mass is 32.2. The molecule has 2 fully saturated rings. The zero-order valence-corrected chi connectivity index (χ0v) is 21.6. The van der Waals surface area contributed by atoms with Crippen LogP contribution in [-0.2, 0) is 10.0 Å². The summed E-state index contributed by atoms with van der Waals surface area (Å²) in [5.41, 5.74) is 0.667. The number of aromatic nitrogens is 5. The van der Waals surface area contributed by atoms with Gasteiger partial charge in [0.05, 0.1) is 24.4 Å². The largest absolute Gasteiger partial charge is 0.494 e. The van der Waals surface area contributed by atoms with Crippen LogP contribution in [0.5, 0.6) is 5.75 Å². The lowest BCUT2D eigenvalue weighted by Gasteiger charge is -2.30. The molecule has 0 spiro atoms. The molecule has 13 heteroatoms. The minimum atomic E-state index is -3.86. The van der Waals surface area contributed by atoms with E-state index >= 15 is 0 Å². The molecule has 2 aliphatic heterocycles. The van der Waals surface area contributed by atoms with Crippen molar-refractivity contribution in [2.45, 2.75) is 43.4 Å². The van der Waals surface area contributed by atoms with E-state index in [0.717, 1.165) is 51.9 Å². The topological polar surface area (TPSA) is 138 Å². The molecule has 2 saturated heterocycles. The third-order valence-electron chi connectivity index (χ3n) is 6.40. The molecule has 0 amide bonds. The van der Waals surface area contributed by atoms with Gasteiger partial charge in [-0.3, -0.25) is 0 Å². The molecule has 2 N–H and O–H groups in total. The highest BCUT2D eigenvalue weighted by molar-refractivity contribution is 7.92. The summed E-state index contributed by atoms with van der Waals surface area (Å²) in [5.74, 6) is 2.20. The van der Waals surface area contributed by atoms with Crippen LogP contribution in [0.15, 0.2) is 41.6 Å². The maximum atomic E-state index is 12.8. The molecule has 5 rings (SSSR count). The lowest BCUT2D eigenvalue weighted by molar-refractivity contribution is 0.411. The molecule has 2 aromatic heterocycles. The number of hydrogen-bond donors (Lipinski definition) is 2. The number of ether oxygens (including phenoxy) is 1. The first-order chi connectivity index (χ1) is 18.0. The van der Waals surface area contributed by atoms with Crippen LogP contribution in [-0.4, -0.2) is 66.6 Å². The molecular formula is C24H31N9O3S. The van der Waals surface area contributed by atoms with Gasteiger partial charge in [-0.05, 0) is 62.8 Å². The Morgan fingerprint density at radius 3 is 1.81 bits per heavy atom. The van der Waals surface area contributed by atoms with Gasteiger partial charge in [0.15, 0.2) is 5.75 Å². The summed E-state index contributed by atoms with van der Waals surface area (Å²) >= 11 is 0. The Hall–Kier alpha value is -3.74. The number of sulfonamides is 1. The molecule has 12 nitrogen and oxygen atoms in total. The standard InChI is InChI=1S/C24H31N9O3S/c1-36-19-16-25-21(26-17-19)31-37(34,35)20-10-8-18(9-11-20)27-22-28-23(32-12-4-2-5-13-32)30-24(29-22)33-14-6-3-7-15-33/h8-11,16-17H,2-7,12-15H2,1H3,(H,25,26,31)(H,27,28,29,30). The van der Waals surface area contributed by atoms with Crippen LogP contribution in [0, 0.1) is 0 Å². The molecule has 4 heterocycles. The van der Waals surface area contributed by atoms with Crippen molar-refractivity contribution in [3.05, 3.63) is 36.7 Å². The van der Waals surface area contributed by atoms with E-state index in [1.165, 1.54) is 44.5 Å². The Kier molecular flexibility index (Phi) is 7.49. The summed E-state index contributed by atoms with van der Waals surface area (Å²) in [4.78, 5) is 26.6. The first-order valence-electron chi connectivity index (χ1n) is 12.5. The van der Waals surface area contributed by atoms with Crippen molar-refractivity contribution >= 4 is 39.5 Å². The maximum absolute atomic E-state index is 12.8. The zero-order chi connectivity index (χ0) is 25.7. The van der Waals surface area contributed by atoms with Gasteiger partial charge in [0.25, 0.3) is 10.0 Å². The number of anilines is 5. The van der Waals surface area contributed by atoms with Crippen molar-refractivity contribution < 1.29 is 13.2 Å². The smallest absolute Gasteiger partial charge is 0.264 e. The van der Waals surface area contributed by atoms with E-state index in [0.29, 0.717) is 29.3 Å². The first kappa shape index (κ1) is 24.9. The number of benzene rings is 1. The predicted octanol–water partition coefficient (Wildman–Crippen LogP) is 3.20. The number of rotatable bonds is 8. The van der Waals surface area contributed by atoms with Crippen molar-refractivity contribution in [2.24, 2.45) is 0 Å². The number of nitrogens with zero attached hydrogens (tertiary/aromatic N) is 7. The lowest BCUT2D eigenvalue weighted by atomic mass is 10.1. The van der Waals surface area contributed by atoms with Gasteiger partial charge < -0.3 is 19.9 Å². The molecule has 0 aliphatic carbocycles. The SMILES string of the molecule is COc1cnc(NS(=O)(=O)c2ccc(Nc3nc(N4CCCCC4)nc(N4CCCCC4)n3)cc2)nc1. The van der Waals surface area contributed by atoms with Crippen LogP contribution in [0.1, 0.15) is 38.5 Å². The summed E-state index contributed by atoms with van der Waals surface area (Å²) in [5, 5.41) is 3.23. The van der Waals surface area contributed by atoms with E-state index in [1.54, 1.807) is 12.1 Å². The molecule has 0 bridgehead atoms. The van der Waals surface area contributed by atoms with E-state index in [9.17, 15) is 8.42 Å². The van der Waals surface area contributed by atoms with Gasteiger partial charge in [-0.15, -0.1) is 0 Å². The third kappa shape index (κ3) is 6.16. The molecule has 2 aliphatic rings. The number of methoxy groups -OCH3 is 1. The first-order valence-corrected chi connectivity index (χ1v) is 14.0. The van der Waals surface area contributed by atoms with Gasteiger partial charge in [-0.1, -0.05) is 0 Å². The Morgan fingerprint density at radius 2 is 1.30 bits per heavy atom. The van der Waals surface area contributed by atoms with Gasteiger partial charge in [-0.2, -0.15) is 15.0 Å². The van der Waals surface area contributed by atoms with Crippen LogP contribution in [0.25, 0.3) is 0 Å². The van der Waals surface area contributed by atoms with Crippen LogP contribution < -0.4 is 24.6 Å². The number of nitrogens with one attached hydrogen (secondary N) is 2. The molecule has 37 heavy (non-hydrogen) atoms. The molecule has 1 aromatic carbocycles. The van der Waals surface area contributed by atoms with E-state index in [2.05, 4.69) is 29.8 Å². The average molecular weight is 526 g/mol. The Bertz CT molecular complexity index is 1260. The summed E-state index contributed by atoms with van der Waals surface area (Å²) in [6.45, 7) is 3.72. The van der Waals surface area contributed by atoms with Gasteiger partial charge in [0.2, 0.25) is 23.8 Å². The monoisotopic (exact) mass is 525 g/mol. The molecule has 196 valence electrons. The molecule has 0 atom stereocenters. The Morgan fingerprint density at radius 1 is 0.757 bits per heavy atom. The highest BCUT2D eigenvalue weighted by Gasteiger charge is 2.21. The Labute approximate surface area is 216 Å². The van der Waals surface area contributed by atoms with Gasteiger partial charge in [0.1, 0.15) is 0 Å². The number of hydrogen-bond acceptors (Lipinski definition) is 11. The van der Waals surface area contributed by atoms with E-state index in [1.807, 2.05) is 0 Å². The van der Waals surface area contributed by atoms with E-state index in [4.69, 9.17) is 19.7 Å². The minimum Gasteiger partial charge on any atom is -0.494 e. The predicted molar refractivity (Wildman–Crippen MR) is 141 cm³/mol. The van der Waals surface area contributed by atoms with E-state index in [-0.39, 0.29) is 10.8 Å². The van der Waals surface area contributed by atoms with Crippen molar-refractivity contribution in [3.8, 4) is 5.75 Å². The highest BCUT2D eigenvalue weighted by Crippen LogP contribution is 2.25. The summed E-state index contributed by atoms with van der Waals surface area (Å²) in [7, 11) is -2.38. The van der Waals surface area contributed by atoms with Crippen molar-refractivity contribution in [1.29, 1.82) is 0 Å². The fourth-order valence-electron chi connectivity index (χ4n) is 4.38. The normalized spacial score (nSPS) is 16.4. The van der Waals surface area contributed by atoms with Crippen LogP contribution in [0.4, 0.5) is 29.5 Å². The average Bonchev–Trinajstić information content (AvgIpc) is 2.94. The van der Waals surface area contributed by atoms with Crippen molar-refractivity contribution in [2.75, 3.05) is 53.1 Å². The summed E-state index contributed by atoms with van der Waals surface area (Å²) in [6, 6.07) is 6.36.